The Kier molecular flexibility index (Phi) is 7.17. The molecular formula is C26H30N4O3S. The normalized spacial score (nSPS) is 17.5. The van der Waals surface area contributed by atoms with Crippen LogP contribution in [-0.2, 0) is 9.53 Å². The van der Waals surface area contributed by atoms with Crippen LogP contribution >= 0.6 is 12.2 Å². The van der Waals surface area contributed by atoms with Crippen molar-refractivity contribution in [1.82, 2.24) is 19.8 Å². The molecule has 0 amide bonds. The van der Waals surface area contributed by atoms with E-state index in [1.807, 2.05) is 36.4 Å². The second-order valence-corrected chi connectivity index (χ2v) is 8.75. The molecule has 178 valence electrons. The SMILES string of the molecule is COC(=O)CCCN1C(=S)N[C@H](c2ccccn2)[C@H]1c1cc(C)n(-c2cccc(OC)c2)c1C. The number of aryl methyl sites for hydroxylation is 1. The highest BCUT2D eigenvalue weighted by Gasteiger charge is 2.41. The molecular weight excluding hydrogens is 448 g/mol. The standard InChI is InChI=1S/C26H30N4O3S/c1-17-15-21(18(2)30(17)19-9-7-10-20(16-19)32-3)25-24(22-11-5-6-13-27-22)28-26(34)29(25)14-8-12-23(31)33-4/h5-7,9-11,13,15-16,24-25H,8,12,14H2,1-4H3,(H,28,34)/t24-,25-/m1/s1. The number of rotatable bonds is 8. The minimum Gasteiger partial charge on any atom is -0.497 e. The number of carbonyl (C=O) groups excluding carboxylic acids is 1. The zero-order valence-corrected chi connectivity index (χ0v) is 20.8. The molecule has 2 aromatic heterocycles. The van der Waals surface area contributed by atoms with E-state index in [-0.39, 0.29) is 18.1 Å². The van der Waals surface area contributed by atoms with Gasteiger partial charge in [-0.15, -0.1) is 0 Å². The number of nitrogens with zero attached hydrogens (tertiary/aromatic N) is 3. The van der Waals surface area contributed by atoms with Gasteiger partial charge in [0, 0.05) is 42.3 Å². The number of esters is 1. The molecule has 0 spiro atoms. The van der Waals surface area contributed by atoms with Gasteiger partial charge in [0.15, 0.2) is 5.11 Å². The average molecular weight is 479 g/mol. The van der Waals surface area contributed by atoms with Crippen LogP contribution in [0.2, 0.25) is 0 Å². The van der Waals surface area contributed by atoms with Crippen molar-refractivity contribution in [3.8, 4) is 11.4 Å². The van der Waals surface area contributed by atoms with Crippen molar-refractivity contribution in [3.05, 3.63) is 77.4 Å². The Hall–Kier alpha value is -3.39. The van der Waals surface area contributed by atoms with E-state index in [0.717, 1.165) is 28.5 Å². The van der Waals surface area contributed by atoms with Crippen LogP contribution in [0.5, 0.6) is 5.75 Å². The number of pyridine rings is 1. The Morgan fingerprint density at radius 1 is 1.15 bits per heavy atom. The molecule has 7 nitrogen and oxygen atoms in total. The van der Waals surface area contributed by atoms with Crippen LogP contribution in [0.3, 0.4) is 0 Å². The van der Waals surface area contributed by atoms with E-state index in [4.69, 9.17) is 21.7 Å². The van der Waals surface area contributed by atoms with Gasteiger partial charge in [-0.2, -0.15) is 0 Å². The molecule has 3 heterocycles. The number of hydrogen-bond acceptors (Lipinski definition) is 5. The number of nitrogens with one attached hydrogen (secondary N) is 1. The first kappa shape index (κ1) is 23.8. The van der Waals surface area contributed by atoms with Crippen molar-refractivity contribution in [3.63, 3.8) is 0 Å². The summed E-state index contributed by atoms with van der Waals surface area (Å²) in [4.78, 5) is 18.5. The summed E-state index contributed by atoms with van der Waals surface area (Å²) < 4.78 is 12.5. The van der Waals surface area contributed by atoms with E-state index in [0.29, 0.717) is 24.5 Å². The first-order valence-corrected chi connectivity index (χ1v) is 11.7. The topological polar surface area (TPSA) is 68.6 Å². The van der Waals surface area contributed by atoms with E-state index in [1.54, 1.807) is 13.3 Å². The zero-order valence-electron chi connectivity index (χ0n) is 19.9. The molecule has 4 rings (SSSR count). The Balaban J connectivity index is 1.75. The molecule has 34 heavy (non-hydrogen) atoms. The summed E-state index contributed by atoms with van der Waals surface area (Å²) in [5.41, 5.74) is 5.38. The number of carbonyl (C=O) groups is 1. The van der Waals surface area contributed by atoms with E-state index < -0.39 is 0 Å². The quantitative estimate of drug-likeness (QED) is 0.380. The summed E-state index contributed by atoms with van der Waals surface area (Å²) in [7, 11) is 3.09. The van der Waals surface area contributed by atoms with E-state index >= 15 is 0 Å². The van der Waals surface area contributed by atoms with Crippen LogP contribution < -0.4 is 10.1 Å². The van der Waals surface area contributed by atoms with Gasteiger partial charge in [0.2, 0.25) is 0 Å². The summed E-state index contributed by atoms with van der Waals surface area (Å²) in [6.45, 7) is 4.87. The third kappa shape index (κ3) is 4.63. The molecule has 1 N–H and O–H groups in total. The lowest BCUT2D eigenvalue weighted by Gasteiger charge is -2.28. The fraction of sp³-hybridized carbons (Fsp3) is 0.346. The van der Waals surface area contributed by atoms with Crippen LogP contribution in [0.1, 0.15) is 47.6 Å². The second-order valence-electron chi connectivity index (χ2n) is 8.36. The maximum atomic E-state index is 11.7. The molecule has 0 bridgehead atoms. The van der Waals surface area contributed by atoms with Gasteiger partial charge in [-0.1, -0.05) is 12.1 Å². The Morgan fingerprint density at radius 3 is 2.68 bits per heavy atom. The van der Waals surface area contributed by atoms with Crippen LogP contribution in [0, 0.1) is 13.8 Å². The molecule has 8 heteroatoms. The van der Waals surface area contributed by atoms with Crippen molar-refractivity contribution >= 4 is 23.3 Å². The number of aromatic nitrogens is 2. The Labute approximate surface area is 205 Å². The fourth-order valence-corrected chi connectivity index (χ4v) is 5.05. The lowest BCUT2D eigenvalue weighted by atomic mass is 9.96. The Morgan fingerprint density at radius 2 is 1.97 bits per heavy atom. The van der Waals surface area contributed by atoms with Crippen molar-refractivity contribution in [2.24, 2.45) is 0 Å². The molecule has 0 saturated carbocycles. The van der Waals surface area contributed by atoms with E-state index in [1.165, 1.54) is 12.7 Å². The molecule has 0 unspecified atom stereocenters. The number of benzene rings is 1. The summed E-state index contributed by atoms with van der Waals surface area (Å²) in [5, 5.41) is 4.15. The smallest absolute Gasteiger partial charge is 0.305 e. The third-order valence-corrected chi connectivity index (χ3v) is 6.66. The average Bonchev–Trinajstić information content (AvgIpc) is 3.34. The lowest BCUT2D eigenvalue weighted by Crippen LogP contribution is -2.31. The second kappa shape index (κ2) is 10.3. The van der Waals surface area contributed by atoms with E-state index in [2.05, 4.69) is 45.7 Å². The molecule has 1 aliphatic heterocycles. The summed E-state index contributed by atoms with van der Waals surface area (Å²) in [6, 6.07) is 16.0. The lowest BCUT2D eigenvalue weighted by molar-refractivity contribution is -0.140. The molecule has 3 aromatic rings. The highest BCUT2D eigenvalue weighted by molar-refractivity contribution is 7.80. The minimum absolute atomic E-state index is 0.0643. The monoisotopic (exact) mass is 478 g/mol. The van der Waals surface area contributed by atoms with Crippen LogP contribution in [0.4, 0.5) is 0 Å². The van der Waals surface area contributed by atoms with Crippen LogP contribution in [-0.4, -0.2) is 46.3 Å². The highest BCUT2D eigenvalue weighted by Crippen LogP contribution is 2.41. The molecule has 1 saturated heterocycles. The summed E-state index contributed by atoms with van der Waals surface area (Å²) in [5.74, 6) is 0.596. The van der Waals surface area contributed by atoms with Gasteiger partial charge in [0.25, 0.3) is 0 Å². The van der Waals surface area contributed by atoms with Crippen LogP contribution in [0.25, 0.3) is 5.69 Å². The summed E-state index contributed by atoms with van der Waals surface area (Å²) >= 11 is 5.76. The van der Waals surface area contributed by atoms with Gasteiger partial charge < -0.3 is 24.3 Å². The van der Waals surface area contributed by atoms with Crippen molar-refractivity contribution in [1.29, 1.82) is 0 Å². The van der Waals surface area contributed by atoms with Crippen molar-refractivity contribution in [2.45, 2.75) is 38.8 Å². The molecule has 0 aliphatic carbocycles. The number of methoxy groups -OCH3 is 2. The maximum absolute atomic E-state index is 11.7. The first-order chi connectivity index (χ1) is 16.4. The fourth-order valence-electron chi connectivity index (χ4n) is 4.71. The Bertz CT molecular complexity index is 1180. The third-order valence-electron chi connectivity index (χ3n) is 6.31. The van der Waals surface area contributed by atoms with E-state index in [9.17, 15) is 4.79 Å². The number of hydrogen-bond donors (Lipinski definition) is 1. The highest BCUT2D eigenvalue weighted by atomic mass is 32.1. The van der Waals surface area contributed by atoms with Crippen molar-refractivity contribution < 1.29 is 14.3 Å². The van der Waals surface area contributed by atoms with Gasteiger partial charge in [0.1, 0.15) is 5.75 Å². The van der Waals surface area contributed by atoms with Crippen molar-refractivity contribution in [2.75, 3.05) is 20.8 Å². The molecule has 1 fully saturated rings. The molecule has 2 atom stereocenters. The molecule has 0 radical (unpaired) electrons. The van der Waals surface area contributed by atoms with Gasteiger partial charge in [-0.3, -0.25) is 9.78 Å². The number of thiocarbonyl (C=S) groups is 1. The van der Waals surface area contributed by atoms with Crippen LogP contribution in [0.15, 0.2) is 54.7 Å². The van der Waals surface area contributed by atoms with Gasteiger partial charge in [-0.25, -0.2) is 0 Å². The van der Waals surface area contributed by atoms with Gasteiger partial charge >= 0.3 is 5.97 Å². The van der Waals surface area contributed by atoms with Gasteiger partial charge in [0.05, 0.1) is 32.0 Å². The predicted molar refractivity (Wildman–Crippen MR) is 135 cm³/mol. The largest absolute Gasteiger partial charge is 0.497 e. The zero-order chi connectivity index (χ0) is 24.2. The summed E-state index contributed by atoms with van der Waals surface area (Å²) in [6.07, 6.45) is 2.80. The molecule has 1 aliphatic rings. The maximum Gasteiger partial charge on any atom is 0.305 e. The first-order valence-electron chi connectivity index (χ1n) is 11.3. The molecule has 1 aromatic carbocycles. The van der Waals surface area contributed by atoms with Gasteiger partial charge in [-0.05, 0) is 68.4 Å². The number of ether oxygens (including phenoxy) is 2. The predicted octanol–water partition coefficient (Wildman–Crippen LogP) is 4.42. The minimum atomic E-state index is -0.216.